The third kappa shape index (κ3) is 10.6. The zero-order valence-corrected chi connectivity index (χ0v) is 24.5. The minimum atomic E-state index is -0.521. The van der Waals surface area contributed by atoms with Crippen molar-refractivity contribution >= 4 is 69.7 Å². The van der Waals surface area contributed by atoms with E-state index < -0.39 is 11.9 Å². The van der Waals surface area contributed by atoms with E-state index in [1.54, 1.807) is 0 Å². The van der Waals surface area contributed by atoms with Crippen LogP contribution in [0.4, 0.5) is 11.4 Å². The van der Waals surface area contributed by atoms with E-state index in [2.05, 4.69) is 9.80 Å². The maximum absolute atomic E-state index is 12.4. The summed E-state index contributed by atoms with van der Waals surface area (Å²) in [5, 5.41) is 0. The Hall–Kier alpha value is -1.66. The molecule has 0 radical (unpaired) electrons. The molecule has 0 heterocycles. The van der Waals surface area contributed by atoms with Gasteiger partial charge in [0.1, 0.15) is 0 Å². The molecular formula is C28H36Cl4N2O3. The van der Waals surface area contributed by atoms with Crippen LogP contribution in [0.25, 0.3) is 0 Å². The van der Waals surface area contributed by atoms with Gasteiger partial charge in [0, 0.05) is 61.1 Å². The van der Waals surface area contributed by atoms with Gasteiger partial charge in [-0.2, -0.15) is 0 Å². The number of anilines is 2. The Morgan fingerprint density at radius 1 is 0.622 bits per heavy atom. The van der Waals surface area contributed by atoms with Crippen LogP contribution in [0.5, 0.6) is 0 Å². The Kier molecular flexibility index (Phi) is 14.5. The number of hydrogen-bond acceptors (Lipinski definition) is 5. The molecule has 204 valence electrons. The molecule has 0 bridgehead atoms. The number of carbonyl (C=O) groups is 2. The molecule has 0 amide bonds. The molecule has 2 aromatic carbocycles. The lowest BCUT2D eigenvalue weighted by Gasteiger charge is -2.23. The van der Waals surface area contributed by atoms with Crippen LogP contribution in [-0.2, 0) is 14.3 Å². The van der Waals surface area contributed by atoms with Crippen molar-refractivity contribution in [2.45, 2.75) is 38.5 Å². The van der Waals surface area contributed by atoms with Crippen molar-refractivity contribution in [3.05, 3.63) is 59.7 Å². The summed E-state index contributed by atoms with van der Waals surface area (Å²) in [7, 11) is 0. The number of halogens is 4. The van der Waals surface area contributed by atoms with Crippen LogP contribution < -0.4 is 9.80 Å². The van der Waals surface area contributed by atoms with Crippen LogP contribution in [0.15, 0.2) is 48.5 Å². The second-order valence-corrected chi connectivity index (χ2v) is 10.5. The number of alkyl halides is 4. The molecular weight excluding hydrogens is 554 g/mol. The fourth-order valence-corrected chi connectivity index (χ4v) is 4.94. The highest BCUT2D eigenvalue weighted by atomic mass is 35.5. The Morgan fingerprint density at radius 2 is 0.919 bits per heavy atom. The molecule has 0 N–H and O–H groups in total. The van der Waals surface area contributed by atoms with E-state index in [9.17, 15) is 9.59 Å². The van der Waals surface area contributed by atoms with Crippen molar-refractivity contribution in [2.24, 2.45) is 0 Å². The van der Waals surface area contributed by atoms with E-state index in [4.69, 9.17) is 51.1 Å². The molecule has 0 aliphatic carbocycles. The summed E-state index contributed by atoms with van der Waals surface area (Å²) < 4.78 is 5.13. The molecule has 0 saturated heterocycles. The summed E-state index contributed by atoms with van der Waals surface area (Å²) in [5.41, 5.74) is 4.05. The zero-order chi connectivity index (χ0) is 27.2. The Balaban J connectivity index is 1.87. The predicted octanol–water partition coefficient (Wildman–Crippen LogP) is 7.01. The largest absolute Gasteiger partial charge is 0.393 e. The lowest BCUT2D eigenvalue weighted by molar-refractivity contribution is -0.160. The van der Waals surface area contributed by atoms with Crippen LogP contribution in [0.2, 0.25) is 0 Å². The normalized spacial score (nSPS) is 12.6. The maximum Gasteiger partial charge on any atom is 0.314 e. The Labute approximate surface area is 240 Å². The monoisotopic (exact) mass is 588 g/mol. The second kappa shape index (κ2) is 17.0. The number of nitrogens with zero attached hydrogens (tertiary/aromatic N) is 2. The van der Waals surface area contributed by atoms with Gasteiger partial charge in [0.15, 0.2) is 0 Å². The van der Waals surface area contributed by atoms with Crippen molar-refractivity contribution < 1.29 is 14.3 Å². The fraction of sp³-hybridized carbons (Fsp3) is 0.500. The molecule has 9 heteroatoms. The molecule has 0 aliphatic heterocycles. The Bertz CT molecular complexity index is 867. The molecule has 37 heavy (non-hydrogen) atoms. The minimum Gasteiger partial charge on any atom is -0.393 e. The second-order valence-electron chi connectivity index (χ2n) is 8.97. The van der Waals surface area contributed by atoms with Gasteiger partial charge >= 0.3 is 11.9 Å². The molecule has 2 rings (SSSR count). The van der Waals surface area contributed by atoms with E-state index >= 15 is 0 Å². The smallest absolute Gasteiger partial charge is 0.314 e. The van der Waals surface area contributed by atoms with Gasteiger partial charge in [0.2, 0.25) is 0 Å². The molecule has 2 aromatic rings. The van der Waals surface area contributed by atoms with Crippen LogP contribution in [0.3, 0.4) is 0 Å². The highest BCUT2D eigenvalue weighted by Crippen LogP contribution is 2.25. The zero-order valence-electron chi connectivity index (χ0n) is 21.5. The van der Waals surface area contributed by atoms with Crippen molar-refractivity contribution in [3.63, 3.8) is 0 Å². The highest BCUT2D eigenvalue weighted by Gasteiger charge is 2.19. The fourth-order valence-electron chi connectivity index (χ4n) is 4.12. The molecule has 5 nitrogen and oxygen atoms in total. The molecule has 0 aromatic heterocycles. The lowest BCUT2D eigenvalue weighted by Crippen LogP contribution is -2.27. The Morgan fingerprint density at radius 3 is 1.19 bits per heavy atom. The van der Waals surface area contributed by atoms with Crippen molar-refractivity contribution in [1.29, 1.82) is 0 Å². The lowest BCUT2D eigenvalue weighted by atomic mass is 9.97. The van der Waals surface area contributed by atoms with Gasteiger partial charge in [-0.25, -0.2) is 0 Å². The summed E-state index contributed by atoms with van der Waals surface area (Å²) in [6.45, 7) is 6.72. The molecule has 0 spiro atoms. The highest BCUT2D eigenvalue weighted by molar-refractivity contribution is 6.19. The minimum absolute atomic E-state index is 0.0854. The first-order chi connectivity index (χ1) is 17.8. The van der Waals surface area contributed by atoms with Gasteiger partial charge in [0.25, 0.3) is 0 Å². The SMILES string of the molecule is CC(CC(=O)OC(=O)CC(C)c1ccc(N(CCCl)CCCl)cc1)c1ccc(N(CCCl)CCCl)cc1. The predicted molar refractivity (Wildman–Crippen MR) is 157 cm³/mol. The summed E-state index contributed by atoms with van der Waals surface area (Å²) in [6.07, 6.45) is 0.246. The first kappa shape index (κ1) is 31.6. The molecule has 2 unspecified atom stereocenters. The van der Waals surface area contributed by atoms with Crippen LogP contribution >= 0.6 is 46.4 Å². The average Bonchev–Trinajstić information content (AvgIpc) is 2.88. The van der Waals surface area contributed by atoms with E-state index in [-0.39, 0.29) is 24.7 Å². The van der Waals surface area contributed by atoms with Crippen molar-refractivity contribution in [3.8, 4) is 0 Å². The third-order valence-electron chi connectivity index (χ3n) is 6.25. The summed E-state index contributed by atoms with van der Waals surface area (Å²) in [5.74, 6) is 0.846. The number of esters is 2. The summed E-state index contributed by atoms with van der Waals surface area (Å²) in [4.78, 5) is 29.1. The summed E-state index contributed by atoms with van der Waals surface area (Å²) >= 11 is 23.6. The molecule has 0 saturated carbocycles. The van der Waals surface area contributed by atoms with E-state index in [0.29, 0.717) is 49.7 Å². The first-order valence-corrected chi connectivity index (χ1v) is 14.6. The van der Waals surface area contributed by atoms with Crippen LogP contribution in [0.1, 0.15) is 49.7 Å². The van der Waals surface area contributed by atoms with Crippen LogP contribution in [0, 0.1) is 0 Å². The number of ether oxygens (including phenoxy) is 1. The number of hydrogen-bond donors (Lipinski definition) is 0. The summed E-state index contributed by atoms with van der Waals surface area (Å²) in [6, 6.07) is 15.9. The topological polar surface area (TPSA) is 49.9 Å². The third-order valence-corrected chi connectivity index (χ3v) is 6.92. The van der Waals surface area contributed by atoms with Gasteiger partial charge in [0.05, 0.1) is 12.8 Å². The number of carbonyl (C=O) groups excluding carboxylic acids is 2. The van der Waals surface area contributed by atoms with Gasteiger partial charge < -0.3 is 14.5 Å². The quantitative estimate of drug-likeness (QED) is 0.120. The standard InChI is InChI=1S/C28H36Cl4N2O3/c1-21(23-3-7-25(8-4-23)33(15-11-29)16-12-30)19-27(35)37-28(36)20-22(2)24-5-9-26(10-6-24)34(17-13-31)18-14-32/h3-10,21-22H,11-20H2,1-2H3. The van der Waals surface area contributed by atoms with E-state index in [1.807, 2.05) is 62.4 Å². The van der Waals surface area contributed by atoms with Crippen molar-refractivity contribution in [1.82, 2.24) is 0 Å². The molecule has 2 atom stereocenters. The molecule has 0 aliphatic rings. The number of benzene rings is 2. The van der Waals surface area contributed by atoms with Gasteiger partial charge in [-0.3, -0.25) is 9.59 Å². The van der Waals surface area contributed by atoms with E-state index in [1.165, 1.54) is 0 Å². The maximum atomic E-state index is 12.4. The van der Waals surface area contributed by atoms with Gasteiger partial charge in [-0.1, -0.05) is 38.1 Å². The first-order valence-electron chi connectivity index (χ1n) is 12.5. The van der Waals surface area contributed by atoms with Gasteiger partial charge in [-0.15, -0.1) is 46.4 Å². The van der Waals surface area contributed by atoms with Crippen molar-refractivity contribution in [2.75, 3.05) is 59.5 Å². The van der Waals surface area contributed by atoms with E-state index in [0.717, 1.165) is 22.5 Å². The van der Waals surface area contributed by atoms with Gasteiger partial charge in [-0.05, 0) is 47.2 Å². The molecule has 0 fully saturated rings. The number of rotatable bonds is 16. The van der Waals surface area contributed by atoms with Crippen LogP contribution in [-0.4, -0.2) is 61.6 Å². The average molecular weight is 590 g/mol.